The van der Waals surface area contributed by atoms with Crippen LogP contribution in [-0.2, 0) is 7.05 Å². The molecule has 0 saturated carbocycles. The van der Waals surface area contributed by atoms with E-state index in [0.29, 0.717) is 0 Å². The Balaban J connectivity index is 2.33. The lowest BCUT2D eigenvalue weighted by molar-refractivity contribution is 0.919. The van der Waals surface area contributed by atoms with Gasteiger partial charge in [0.2, 0.25) is 0 Å². The van der Waals surface area contributed by atoms with Gasteiger partial charge in [0.15, 0.2) is 5.82 Å². The summed E-state index contributed by atoms with van der Waals surface area (Å²) >= 11 is 0. The SMILES string of the molecule is Cn1c(-c2cn[nH]n2)nc2ccccc21. The third kappa shape index (κ3) is 1.13. The molecule has 0 aliphatic carbocycles. The molecule has 1 N–H and O–H groups in total. The molecule has 0 fully saturated rings. The van der Waals surface area contributed by atoms with Gasteiger partial charge in [-0.15, -0.1) is 0 Å². The molecule has 0 bridgehead atoms. The monoisotopic (exact) mass is 199 g/mol. The fraction of sp³-hybridized carbons (Fsp3) is 0.100. The van der Waals surface area contributed by atoms with Gasteiger partial charge in [-0.05, 0) is 12.1 Å². The first-order chi connectivity index (χ1) is 7.36. The van der Waals surface area contributed by atoms with Gasteiger partial charge >= 0.3 is 0 Å². The predicted molar refractivity (Wildman–Crippen MR) is 56.1 cm³/mol. The third-order valence-electron chi connectivity index (χ3n) is 2.43. The molecule has 3 rings (SSSR count). The minimum absolute atomic E-state index is 0.758. The van der Waals surface area contributed by atoms with Crippen molar-refractivity contribution in [1.82, 2.24) is 25.0 Å². The standard InChI is InChI=1S/C10H9N5/c1-15-9-5-3-2-4-7(9)12-10(15)8-6-11-14-13-8/h2-6H,1H3,(H,11,13,14). The highest BCUT2D eigenvalue weighted by Gasteiger charge is 2.10. The Morgan fingerprint density at radius 1 is 1.27 bits per heavy atom. The number of para-hydroxylation sites is 2. The maximum Gasteiger partial charge on any atom is 0.163 e. The molecule has 0 amide bonds. The Bertz CT molecular complexity index is 593. The summed E-state index contributed by atoms with van der Waals surface area (Å²) in [6, 6.07) is 7.99. The normalized spacial score (nSPS) is 11.0. The van der Waals surface area contributed by atoms with Gasteiger partial charge in [0.25, 0.3) is 0 Å². The lowest BCUT2D eigenvalue weighted by Crippen LogP contribution is -1.92. The second kappa shape index (κ2) is 2.91. The van der Waals surface area contributed by atoms with E-state index in [4.69, 9.17) is 0 Å². The van der Waals surface area contributed by atoms with Crippen molar-refractivity contribution in [2.75, 3.05) is 0 Å². The molecule has 5 heteroatoms. The maximum absolute atomic E-state index is 4.50. The molecule has 5 nitrogen and oxygen atoms in total. The Hall–Kier alpha value is -2.17. The summed E-state index contributed by atoms with van der Waals surface area (Å²) in [5.74, 6) is 0.824. The van der Waals surface area contributed by atoms with Crippen molar-refractivity contribution in [2.45, 2.75) is 0 Å². The lowest BCUT2D eigenvalue weighted by atomic mass is 10.3. The first kappa shape index (κ1) is 8.16. The summed E-state index contributed by atoms with van der Waals surface area (Å²) in [4.78, 5) is 4.50. The molecule has 0 aliphatic rings. The van der Waals surface area contributed by atoms with Crippen LogP contribution in [0.15, 0.2) is 30.5 Å². The molecule has 2 heterocycles. The van der Waals surface area contributed by atoms with E-state index in [0.717, 1.165) is 22.6 Å². The molecule has 0 aliphatic heterocycles. The number of hydrogen-bond donors (Lipinski definition) is 1. The number of nitrogens with zero attached hydrogens (tertiary/aromatic N) is 4. The van der Waals surface area contributed by atoms with Gasteiger partial charge in [-0.2, -0.15) is 15.4 Å². The van der Waals surface area contributed by atoms with Crippen LogP contribution in [0.1, 0.15) is 0 Å². The Morgan fingerprint density at radius 3 is 2.87 bits per heavy atom. The number of benzene rings is 1. The minimum Gasteiger partial charge on any atom is -0.326 e. The number of aromatic nitrogens is 5. The Morgan fingerprint density at radius 2 is 2.13 bits per heavy atom. The Kier molecular flexibility index (Phi) is 1.58. The number of nitrogens with one attached hydrogen (secondary N) is 1. The predicted octanol–water partition coefficient (Wildman–Crippen LogP) is 1.36. The fourth-order valence-electron chi connectivity index (χ4n) is 1.68. The van der Waals surface area contributed by atoms with Gasteiger partial charge in [-0.1, -0.05) is 12.1 Å². The Labute approximate surface area is 85.8 Å². The first-order valence-corrected chi connectivity index (χ1v) is 4.64. The van der Waals surface area contributed by atoms with E-state index < -0.39 is 0 Å². The van der Waals surface area contributed by atoms with Crippen LogP contribution in [0.5, 0.6) is 0 Å². The van der Waals surface area contributed by atoms with E-state index >= 15 is 0 Å². The molecule has 0 spiro atoms. The summed E-state index contributed by atoms with van der Waals surface area (Å²) in [6.07, 6.45) is 1.67. The van der Waals surface area contributed by atoms with Crippen LogP contribution in [0.2, 0.25) is 0 Å². The summed E-state index contributed by atoms with van der Waals surface area (Å²) < 4.78 is 2.01. The molecule has 3 aromatic rings. The van der Waals surface area contributed by atoms with E-state index in [1.807, 2.05) is 35.9 Å². The van der Waals surface area contributed by atoms with Crippen LogP contribution < -0.4 is 0 Å². The zero-order valence-corrected chi connectivity index (χ0v) is 8.18. The van der Waals surface area contributed by atoms with Gasteiger partial charge in [-0.3, -0.25) is 0 Å². The number of H-pyrrole nitrogens is 1. The highest BCUT2D eigenvalue weighted by atomic mass is 15.3. The van der Waals surface area contributed by atoms with E-state index in [1.165, 1.54) is 0 Å². The second-order valence-electron chi connectivity index (χ2n) is 3.34. The van der Waals surface area contributed by atoms with Crippen molar-refractivity contribution < 1.29 is 0 Å². The fourth-order valence-corrected chi connectivity index (χ4v) is 1.68. The number of imidazole rings is 1. The van der Waals surface area contributed by atoms with Crippen molar-refractivity contribution in [2.24, 2.45) is 7.05 Å². The van der Waals surface area contributed by atoms with Crippen LogP contribution in [0.25, 0.3) is 22.6 Å². The quantitative estimate of drug-likeness (QED) is 0.643. The molecule has 15 heavy (non-hydrogen) atoms. The van der Waals surface area contributed by atoms with Crippen LogP contribution >= 0.6 is 0 Å². The molecule has 0 unspecified atom stereocenters. The molecular weight excluding hydrogens is 190 g/mol. The van der Waals surface area contributed by atoms with Crippen molar-refractivity contribution in [3.63, 3.8) is 0 Å². The average molecular weight is 199 g/mol. The van der Waals surface area contributed by atoms with E-state index in [1.54, 1.807) is 6.20 Å². The highest BCUT2D eigenvalue weighted by molar-refractivity contribution is 5.79. The van der Waals surface area contributed by atoms with Crippen LogP contribution in [-0.4, -0.2) is 25.0 Å². The van der Waals surface area contributed by atoms with Gasteiger partial charge in [0.05, 0.1) is 17.2 Å². The van der Waals surface area contributed by atoms with Gasteiger partial charge in [0, 0.05) is 7.05 Å². The smallest absolute Gasteiger partial charge is 0.163 e. The van der Waals surface area contributed by atoms with E-state index in [-0.39, 0.29) is 0 Å². The largest absolute Gasteiger partial charge is 0.326 e. The maximum atomic E-state index is 4.50. The zero-order valence-electron chi connectivity index (χ0n) is 8.18. The topological polar surface area (TPSA) is 59.4 Å². The zero-order chi connectivity index (χ0) is 10.3. The average Bonchev–Trinajstić information content (AvgIpc) is 2.87. The molecule has 2 aromatic heterocycles. The highest BCUT2D eigenvalue weighted by Crippen LogP contribution is 2.20. The summed E-state index contributed by atoms with van der Waals surface area (Å²) in [7, 11) is 1.97. The van der Waals surface area contributed by atoms with E-state index in [9.17, 15) is 0 Å². The number of hydrogen-bond acceptors (Lipinski definition) is 3. The van der Waals surface area contributed by atoms with Gasteiger partial charge in [0.1, 0.15) is 5.69 Å². The van der Waals surface area contributed by atoms with Crippen molar-refractivity contribution in [3.8, 4) is 11.5 Å². The van der Waals surface area contributed by atoms with Crippen LogP contribution in [0, 0.1) is 0 Å². The number of rotatable bonds is 1. The van der Waals surface area contributed by atoms with Gasteiger partial charge < -0.3 is 4.57 Å². The lowest BCUT2D eigenvalue weighted by Gasteiger charge is -1.96. The first-order valence-electron chi connectivity index (χ1n) is 4.64. The van der Waals surface area contributed by atoms with Crippen molar-refractivity contribution >= 4 is 11.0 Å². The van der Waals surface area contributed by atoms with Crippen LogP contribution in [0.3, 0.4) is 0 Å². The summed E-state index contributed by atoms with van der Waals surface area (Å²) in [5.41, 5.74) is 2.82. The summed E-state index contributed by atoms with van der Waals surface area (Å²) in [5, 5.41) is 10.4. The molecule has 1 aromatic carbocycles. The molecule has 0 saturated heterocycles. The number of aryl methyl sites for hydroxylation is 1. The van der Waals surface area contributed by atoms with Crippen molar-refractivity contribution in [1.29, 1.82) is 0 Å². The second-order valence-corrected chi connectivity index (χ2v) is 3.34. The number of fused-ring (bicyclic) bond motifs is 1. The van der Waals surface area contributed by atoms with E-state index in [2.05, 4.69) is 20.4 Å². The summed E-state index contributed by atoms with van der Waals surface area (Å²) in [6.45, 7) is 0. The molecule has 0 atom stereocenters. The molecule has 0 radical (unpaired) electrons. The van der Waals surface area contributed by atoms with Gasteiger partial charge in [-0.25, -0.2) is 4.98 Å². The van der Waals surface area contributed by atoms with Crippen LogP contribution in [0.4, 0.5) is 0 Å². The van der Waals surface area contributed by atoms with Crippen molar-refractivity contribution in [3.05, 3.63) is 30.5 Å². The molecule has 74 valence electrons. The third-order valence-corrected chi connectivity index (χ3v) is 2.43. The number of aromatic amines is 1. The molecular formula is C10H9N5. The minimum atomic E-state index is 0.758.